The molecule has 0 spiro atoms. The number of hydrogen-bond donors (Lipinski definition) is 0. The number of hydrogen-bond acceptors (Lipinski definition) is 4. The Bertz CT molecular complexity index is 908. The van der Waals surface area contributed by atoms with Crippen LogP contribution in [0.5, 0.6) is 11.5 Å². The van der Waals surface area contributed by atoms with Gasteiger partial charge in [0.05, 0.1) is 4.47 Å². The van der Waals surface area contributed by atoms with E-state index >= 15 is 0 Å². The molecule has 3 aromatic rings. The molecule has 0 aliphatic heterocycles. The first kappa shape index (κ1) is 18.7. The Labute approximate surface area is 161 Å². The van der Waals surface area contributed by atoms with Gasteiger partial charge < -0.3 is 18.9 Å². The lowest BCUT2D eigenvalue weighted by molar-refractivity contribution is 0.0505. The van der Waals surface area contributed by atoms with Crippen molar-refractivity contribution in [1.29, 1.82) is 0 Å². The zero-order valence-corrected chi connectivity index (χ0v) is 16.6. The maximum absolute atomic E-state index is 5.70. The minimum Gasteiger partial charge on any atom is -0.468 e. The molecule has 0 N–H and O–H groups in total. The second-order valence-electron chi connectivity index (χ2n) is 5.84. The molecule has 0 radical (unpaired) electrons. The Morgan fingerprint density at radius 1 is 0.846 bits per heavy atom. The second-order valence-corrected chi connectivity index (χ2v) is 6.64. The summed E-state index contributed by atoms with van der Waals surface area (Å²) in [7, 11) is 3.22. The third-order valence-electron chi connectivity index (χ3n) is 4.15. The molecular weight excluding hydrogens is 396 g/mol. The second kappa shape index (κ2) is 8.54. The minimum atomic E-state index is 0.209. The molecule has 0 aliphatic carbocycles. The number of benzene rings is 3. The van der Waals surface area contributed by atoms with Gasteiger partial charge in [-0.05, 0) is 68.5 Å². The molecule has 0 fully saturated rings. The summed E-state index contributed by atoms with van der Waals surface area (Å²) in [6.07, 6.45) is 0. The highest BCUT2D eigenvalue weighted by molar-refractivity contribution is 9.10. The molecule has 5 heteroatoms. The van der Waals surface area contributed by atoms with Gasteiger partial charge in [-0.25, -0.2) is 0 Å². The fourth-order valence-corrected chi connectivity index (χ4v) is 3.36. The third-order valence-corrected chi connectivity index (χ3v) is 5.14. The maximum Gasteiger partial charge on any atom is 0.188 e. The molecule has 0 saturated heterocycles. The van der Waals surface area contributed by atoms with E-state index in [2.05, 4.69) is 41.1 Å². The van der Waals surface area contributed by atoms with E-state index in [0.717, 1.165) is 43.4 Å². The zero-order chi connectivity index (χ0) is 18.5. The van der Waals surface area contributed by atoms with Crippen LogP contribution in [0.15, 0.2) is 53.0 Å². The first-order valence-corrected chi connectivity index (χ1v) is 9.00. The molecule has 3 aromatic carbocycles. The van der Waals surface area contributed by atoms with Gasteiger partial charge in [-0.3, -0.25) is 0 Å². The van der Waals surface area contributed by atoms with E-state index in [1.807, 2.05) is 30.3 Å². The predicted octanol–water partition coefficient (Wildman–Crippen LogP) is 5.54. The lowest BCUT2D eigenvalue weighted by Crippen LogP contribution is -2.01. The molecule has 26 heavy (non-hydrogen) atoms. The summed E-state index contributed by atoms with van der Waals surface area (Å²) in [6.45, 7) is 2.49. The van der Waals surface area contributed by atoms with Gasteiger partial charge in [-0.15, -0.1) is 0 Å². The Kier molecular flexibility index (Phi) is 6.14. The number of fused-ring (bicyclic) bond motifs is 1. The van der Waals surface area contributed by atoms with E-state index < -0.39 is 0 Å². The van der Waals surface area contributed by atoms with Gasteiger partial charge in [0, 0.05) is 14.2 Å². The summed E-state index contributed by atoms with van der Waals surface area (Å²) in [5, 5.41) is 2.28. The minimum absolute atomic E-state index is 0.209. The first-order chi connectivity index (χ1) is 12.7. The Morgan fingerprint density at radius 3 is 2.35 bits per heavy atom. The van der Waals surface area contributed by atoms with Crippen LogP contribution in [0.3, 0.4) is 0 Å². The third kappa shape index (κ3) is 3.85. The molecular formula is C21H21BrO4. The molecule has 4 nitrogen and oxygen atoms in total. The van der Waals surface area contributed by atoms with Crippen LogP contribution >= 0.6 is 15.9 Å². The van der Waals surface area contributed by atoms with Crippen LogP contribution in [0.2, 0.25) is 0 Å². The van der Waals surface area contributed by atoms with Gasteiger partial charge >= 0.3 is 0 Å². The van der Waals surface area contributed by atoms with Crippen LogP contribution in [0.1, 0.15) is 5.56 Å². The average Bonchev–Trinajstić information content (AvgIpc) is 2.67. The molecule has 0 heterocycles. The van der Waals surface area contributed by atoms with Crippen LogP contribution in [0.4, 0.5) is 0 Å². The summed E-state index contributed by atoms with van der Waals surface area (Å²) in [6, 6.07) is 16.4. The quantitative estimate of drug-likeness (QED) is 0.473. The molecule has 0 bridgehead atoms. The SMILES string of the molecule is COCOc1cc(-c2ccc(OCOC)c(Br)c2C)c2ccccc2c1. The summed E-state index contributed by atoms with van der Waals surface area (Å²) in [5.41, 5.74) is 3.30. The summed E-state index contributed by atoms with van der Waals surface area (Å²) in [4.78, 5) is 0. The standard InChI is InChI=1S/C21H21BrO4/c1-14-17(8-9-20(21(14)22)26-13-24-3)19-11-16(25-12-23-2)10-15-6-4-5-7-18(15)19/h4-11H,12-13H2,1-3H3. The molecule has 0 saturated carbocycles. The zero-order valence-electron chi connectivity index (χ0n) is 15.0. The van der Waals surface area contributed by atoms with Crippen LogP contribution in [-0.2, 0) is 9.47 Å². The summed E-state index contributed by atoms with van der Waals surface area (Å²) < 4.78 is 22.3. The van der Waals surface area contributed by atoms with Crippen molar-refractivity contribution in [1.82, 2.24) is 0 Å². The average molecular weight is 417 g/mol. The molecule has 136 valence electrons. The summed E-state index contributed by atoms with van der Waals surface area (Å²) >= 11 is 3.65. The highest BCUT2D eigenvalue weighted by atomic mass is 79.9. The lowest BCUT2D eigenvalue weighted by Gasteiger charge is -2.16. The topological polar surface area (TPSA) is 36.9 Å². The van der Waals surface area contributed by atoms with Gasteiger partial charge in [0.1, 0.15) is 11.5 Å². The number of methoxy groups -OCH3 is 2. The fourth-order valence-electron chi connectivity index (χ4n) is 2.90. The Morgan fingerprint density at radius 2 is 1.58 bits per heavy atom. The number of ether oxygens (including phenoxy) is 4. The van der Waals surface area contributed by atoms with Crippen LogP contribution in [0, 0.1) is 6.92 Å². The van der Waals surface area contributed by atoms with Gasteiger partial charge in [0.2, 0.25) is 0 Å². The van der Waals surface area contributed by atoms with Gasteiger partial charge in [-0.2, -0.15) is 0 Å². The van der Waals surface area contributed by atoms with Crippen LogP contribution < -0.4 is 9.47 Å². The number of halogens is 1. The van der Waals surface area contributed by atoms with Crippen molar-refractivity contribution in [2.75, 3.05) is 27.8 Å². The van der Waals surface area contributed by atoms with E-state index in [9.17, 15) is 0 Å². The molecule has 0 amide bonds. The Hall–Kier alpha value is -2.08. The highest BCUT2D eigenvalue weighted by Gasteiger charge is 2.14. The van der Waals surface area contributed by atoms with Crippen molar-refractivity contribution in [3.63, 3.8) is 0 Å². The molecule has 0 atom stereocenters. The molecule has 0 aliphatic rings. The molecule has 0 aromatic heterocycles. The smallest absolute Gasteiger partial charge is 0.188 e. The lowest BCUT2D eigenvalue weighted by atomic mass is 9.94. The summed E-state index contributed by atoms with van der Waals surface area (Å²) in [5.74, 6) is 1.53. The van der Waals surface area contributed by atoms with Gasteiger partial charge in [-0.1, -0.05) is 30.3 Å². The predicted molar refractivity (Wildman–Crippen MR) is 107 cm³/mol. The van der Waals surface area contributed by atoms with E-state index in [1.165, 1.54) is 0 Å². The molecule has 3 rings (SSSR count). The van der Waals surface area contributed by atoms with Gasteiger partial charge in [0.15, 0.2) is 13.6 Å². The monoisotopic (exact) mass is 416 g/mol. The van der Waals surface area contributed by atoms with Crippen molar-refractivity contribution in [2.45, 2.75) is 6.92 Å². The van der Waals surface area contributed by atoms with Gasteiger partial charge in [0.25, 0.3) is 0 Å². The van der Waals surface area contributed by atoms with Crippen molar-refractivity contribution in [3.8, 4) is 22.6 Å². The normalized spacial score (nSPS) is 10.9. The first-order valence-electron chi connectivity index (χ1n) is 8.21. The van der Waals surface area contributed by atoms with Crippen LogP contribution in [0.25, 0.3) is 21.9 Å². The van der Waals surface area contributed by atoms with E-state index in [0.29, 0.717) is 0 Å². The van der Waals surface area contributed by atoms with Crippen molar-refractivity contribution >= 4 is 26.7 Å². The fraction of sp³-hybridized carbons (Fsp3) is 0.238. The van der Waals surface area contributed by atoms with Crippen molar-refractivity contribution in [2.24, 2.45) is 0 Å². The van der Waals surface area contributed by atoms with E-state index in [-0.39, 0.29) is 13.6 Å². The number of rotatable bonds is 7. The van der Waals surface area contributed by atoms with Crippen molar-refractivity contribution in [3.05, 3.63) is 58.6 Å². The Balaban J connectivity index is 2.13. The maximum atomic E-state index is 5.70. The highest BCUT2D eigenvalue weighted by Crippen LogP contribution is 2.40. The van der Waals surface area contributed by atoms with Crippen LogP contribution in [-0.4, -0.2) is 27.8 Å². The largest absolute Gasteiger partial charge is 0.468 e. The van der Waals surface area contributed by atoms with Crippen molar-refractivity contribution < 1.29 is 18.9 Å². The van der Waals surface area contributed by atoms with E-state index in [4.69, 9.17) is 18.9 Å². The van der Waals surface area contributed by atoms with E-state index in [1.54, 1.807) is 14.2 Å². The molecule has 0 unspecified atom stereocenters.